The molecule has 20 heavy (non-hydrogen) atoms. The first-order valence-electron chi connectivity index (χ1n) is 6.08. The van der Waals surface area contributed by atoms with E-state index in [9.17, 15) is 18.0 Å². The van der Waals surface area contributed by atoms with E-state index in [0.717, 1.165) is 0 Å². The molecular weight excluding hydrogens is 279 g/mol. The van der Waals surface area contributed by atoms with Gasteiger partial charge in [0.2, 0.25) is 5.91 Å². The van der Waals surface area contributed by atoms with Crippen molar-refractivity contribution < 1.29 is 27.9 Å². The fraction of sp³-hybridized carbons (Fsp3) is 0.818. The largest absolute Gasteiger partial charge is 0.411 e. The highest BCUT2D eigenvalue weighted by molar-refractivity contribution is 5.86. The first-order chi connectivity index (χ1) is 9.18. The zero-order valence-corrected chi connectivity index (χ0v) is 11.1. The molecule has 0 atom stereocenters. The number of amides is 1. The number of piperidine rings is 1. The molecule has 116 valence electrons. The van der Waals surface area contributed by atoms with Gasteiger partial charge in [0.1, 0.15) is 19.0 Å². The van der Waals surface area contributed by atoms with Gasteiger partial charge in [-0.1, -0.05) is 12.1 Å². The van der Waals surface area contributed by atoms with E-state index in [1.807, 2.05) is 6.92 Å². The van der Waals surface area contributed by atoms with E-state index in [1.54, 1.807) is 0 Å². The molecule has 3 N–H and O–H groups in total. The summed E-state index contributed by atoms with van der Waals surface area (Å²) in [4.78, 5) is 13.1. The lowest BCUT2D eigenvalue weighted by Gasteiger charge is -2.38. The Hall–Kier alpha value is -1.51. The van der Waals surface area contributed by atoms with E-state index in [0.29, 0.717) is 25.9 Å². The summed E-state index contributed by atoms with van der Waals surface area (Å²) in [7, 11) is 0. The topological polar surface area (TPSA) is 88.2 Å². The van der Waals surface area contributed by atoms with Gasteiger partial charge in [-0.3, -0.25) is 4.79 Å². The molecular formula is C11H18F3N3O3. The average Bonchev–Trinajstić information content (AvgIpc) is 2.36. The molecule has 1 heterocycles. The van der Waals surface area contributed by atoms with Crippen LogP contribution in [0.15, 0.2) is 5.16 Å². The number of amidine groups is 1. The van der Waals surface area contributed by atoms with Crippen LogP contribution in [0, 0.1) is 5.41 Å². The van der Waals surface area contributed by atoms with Crippen LogP contribution in [0.2, 0.25) is 0 Å². The fourth-order valence-corrected chi connectivity index (χ4v) is 1.97. The highest BCUT2D eigenvalue weighted by Gasteiger charge is 2.36. The Bertz CT molecular complexity index is 377. The summed E-state index contributed by atoms with van der Waals surface area (Å²) in [6.07, 6.45) is -3.48. The third kappa shape index (κ3) is 4.55. The molecule has 1 amide bonds. The van der Waals surface area contributed by atoms with Crippen molar-refractivity contribution in [3.63, 3.8) is 0 Å². The third-order valence-electron chi connectivity index (χ3n) is 3.44. The molecule has 0 unspecified atom stereocenters. The van der Waals surface area contributed by atoms with Crippen molar-refractivity contribution in [2.75, 3.05) is 26.3 Å². The average molecular weight is 297 g/mol. The normalized spacial score (nSPS) is 20.0. The smallest absolute Gasteiger partial charge is 0.409 e. The number of oxime groups is 1. The van der Waals surface area contributed by atoms with Gasteiger partial charge in [-0.2, -0.15) is 13.2 Å². The molecule has 0 bridgehead atoms. The van der Waals surface area contributed by atoms with Crippen molar-refractivity contribution >= 4 is 11.7 Å². The van der Waals surface area contributed by atoms with Crippen LogP contribution in [-0.4, -0.2) is 54.3 Å². The SMILES string of the molecule is CC1(C(N)=NO)CCN(C(=O)COCC(F)(F)F)CC1. The molecule has 1 aliphatic heterocycles. The lowest BCUT2D eigenvalue weighted by Crippen LogP contribution is -2.48. The number of rotatable bonds is 4. The highest BCUT2D eigenvalue weighted by atomic mass is 19.4. The van der Waals surface area contributed by atoms with Crippen molar-refractivity contribution in [3.8, 4) is 0 Å². The quantitative estimate of drug-likeness (QED) is 0.350. The maximum absolute atomic E-state index is 11.9. The van der Waals surface area contributed by atoms with Crippen molar-refractivity contribution in [1.29, 1.82) is 0 Å². The van der Waals surface area contributed by atoms with Gasteiger partial charge in [-0.25, -0.2) is 0 Å². The Morgan fingerprint density at radius 3 is 2.45 bits per heavy atom. The Balaban J connectivity index is 2.40. The van der Waals surface area contributed by atoms with Gasteiger partial charge in [0.25, 0.3) is 0 Å². The number of hydrogen-bond acceptors (Lipinski definition) is 4. The van der Waals surface area contributed by atoms with E-state index < -0.39 is 30.7 Å². The summed E-state index contributed by atoms with van der Waals surface area (Å²) in [6.45, 7) is 0.445. The van der Waals surface area contributed by atoms with Crippen molar-refractivity contribution in [2.45, 2.75) is 25.9 Å². The van der Waals surface area contributed by atoms with Crippen molar-refractivity contribution in [2.24, 2.45) is 16.3 Å². The van der Waals surface area contributed by atoms with Crippen LogP contribution in [-0.2, 0) is 9.53 Å². The van der Waals surface area contributed by atoms with Crippen molar-refractivity contribution in [3.05, 3.63) is 0 Å². The predicted molar refractivity (Wildman–Crippen MR) is 64.2 cm³/mol. The van der Waals surface area contributed by atoms with Crippen LogP contribution in [0.3, 0.4) is 0 Å². The van der Waals surface area contributed by atoms with Crippen LogP contribution in [0.5, 0.6) is 0 Å². The molecule has 0 spiro atoms. The van der Waals surface area contributed by atoms with Crippen LogP contribution in [0.1, 0.15) is 19.8 Å². The minimum atomic E-state index is -4.44. The highest BCUT2D eigenvalue weighted by Crippen LogP contribution is 2.31. The lowest BCUT2D eigenvalue weighted by atomic mass is 9.79. The molecule has 0 aliphatic carbocycles. The van der Waals surface area contributed by atoms with Crippen LogP contribution >= 0.6 is 0 Å². The van der Waals surface area contributed by atoms with Crippen LogP contribution in [0.4, 0.5) is 13.2 Å². The number of nitrogens with two attached hydrogens (primary N) is 1. The second-order valence-corrected chi connectivity index (χ2v) is 5.03. The number of alkyl halides is 3. The minimum Gasteiger partial charge on any atom is -0.409 e. The zero-order chi connectivity index (χ0) is 15.4. The molecule has 0 saturated carbocycles. The zero-order valence-electron chi connectivity index (χ0n) is 11.1. The standard InChI is InChI=1S/C11H18F3N3O3/c1-10(9(15)16-19)2-4-17(5-3-10)8(18)6-20-7-11(12,13)14/h19H,2-7H2,1H3,(H2,15,16). The number of ether oxygens (including phenoxy) is 1. The molecule has 9 heteroatoms. The predicted octanol–water partition coefficient (Wildman–Crippen LogP) is 0.940. The van der Waals surface area contributed by atoms with E-state index >= 15 is 0 Å². The lowest BCUT2D eigenvalue weighted by molar-refractivity contribution is -0.178. The van der Waals surface area contributed by atoms with E-state index in [1.165, 1.54) is 4.90 Å². The van der Waals surface area contributed by atoms with Crippen LogP contribution in [0.25, 0.3) is 0 Å². The number of carbonyl (C=O) groups is 1. The molecule has 6 nitrogen and oxygen atoms in total. The first kappa shape index (κ1) is 16.5. The van der Waals surface area contributed by atoms with Crippen molar-refractivity contribution in [1.82, 2.24) is 4.90 Å². The minimum absolute atomic E-state index is 0.0953. The molecule has 0 aromatic rings. The van der Waals surface area contributed by atoms with Gasteiger partial charge in [0, 0.05) is 18.5 Å². The van der Waals surface area contributed by atoms with Gasteiger partial charge in [-0.05, 0) is 12.8 Å². The van der Waals surface area contributed by atoms with Gasteiger partial charge in [0.15, 0.2) is 0 Å². The van der Waals surface area contributed by atoms with Gasteiger partial charge >= 0.3 is 6.18 Å². The molecule has 1 aliphatic rings. The molecule has 1 fully saturated rings. The number of hydrogen-bond donors (Lipinski definition) is 2. The van der Waals surface area contributed by atoms with E-state index in [-0.39, 0.29) is 5.84 Å². The summed E-state index contributed by atoms with van der Waals surface area (Å²) >= 11 is 0. The molecule has 0 aromatic carbocycles. The summed E-state index contributed by atoms with van der Waals surface area (Å²) < 4.78 is 40.0. The Labute approximate surface area is 114 Å². The van der Waals surface area contributed by atoms with Crippen LogP contribution < -0.4 is 5.73 Å². The summed E-state index contributed by atoms with van der Waals surface area (Å²) in [5.74, 6) is -0.395. The third-order valence-corrected chi connectivity index (χ3v) is 3.44. The maximum atomic E-state index is 11.9. The Kier molecular flexibility index (Phi) is 5.21. The molecule has 1 saturated heterocycles. The number of halogens is 3. The summed E-state index contributed by atoms with van der Waals surface area (Å²) in [6, 6.07) is 0. The molecule has 0 aromatic heterocycles. The maximum Gasteiger partial charge on any atom is 0.411 e. The van der Waals surface area contributed by atoms with Gasteiger partial charge in [-0.15, -0.1) is 0 Å². The molecule has 1 rings (SSSR count). The van der Waals surface area contributed by atoms with Gasteiger partial charge < -0.3 is 20.6 Å². The van der Waals surface area contributed by atoms with Gasteiger partial charge in [0.05, 0.1) is 0 Å². The number of carbonyl (C=O) groups excluding carboxylic acids is 1. The Morgan fingerprint density at radius 1 is 1.45 bits per heavy atom. The summed E-state index contributed by atoms with van der Waals surface area (Å²) in [5.41, 5.74) is 5.08. The second kappa shape index (κ2) is 6.29. The fourth-order valence-electron chi connectivity index (χ4n) is 1.97. The van der Waals surface area contributed by atoms with E-state index in [2.05, 4.69) is 9.89 Å². The Morgan fingerprint density at radius 2 is 2.00 bits per heavy atom. The first-order valence-corrected chi connectivity index (χ1v) is 6.08. The van der Waals surface area contributed by atoms with E-state index in [4.69, 9.17) is 10.9 Å². The molecule has 0 radical (unpaired) electrons. The monoisotopic (exact) mass is 297 g/mol. The second-order valence-electron chi connectivity index (χ2n) is 5.03. The number of nitrogens with zero attached hydrogens (tertiary/aromatic N) is 2. The summed E-state index contributed by atoms with van der Waals surface area (Å²) in [5, 5.41) is 11.6. The number of likely N-dealkylation sites (tertiary alicyclic amines) is 1.